The maximum Gasteiger partial charge on any atom is 0.159 e. The van der Waals surface area contributed by atoms with Crippen LogP contribution >= 0.6 is 0 Å². The summed E-state index contributed by atoms with van der Waals surface area (Å²) in [5.41, 5.74) is 0.378. The molecular formula is C13H18F2O2. The molecule has 0 saturated carbocycles. The molecule has 0 aliphatic rings. The van der Waals surface area contributed by atoms with Crippen LogP contribution in [0.4, 0.5) is 8.78 Å². The quantitative estimate of drug-likeness (QED) is 0.746. The lowest BCUT2D eigenvalue weighted by molar-refractivity contribution is 0.0803. The highest BCUT2D eigenvalue weighted by atomic mass is 19.2. The van der Waals surface area contributed by atoms with Crippen LogP contribution in [0.25, 0.3) is 0 Å². The fraction of sp³-hybridized carbons (Fsp3) is 0.538. The molecule has 1 N–H and O–H groups in total. The number of unbranched alkanes of at least 4 members (excludes halogenated alkanes) is 1. The van der Waals surface area contributed by atoms with E-state index in [1.165, 1.54) is 6.07 Å². The first-order valence-corrected chi connectivity index (χ1v) is 5.86. The Morgan fingerprint density at radius 3 is 2.65 bits per heavy atom. The molecule has 0 saturated heterocycles. The van der Waals surface area contributed by atoms with Crippen LogP contribution in [0, 0.1) is 11.6 Å². The SMILES string of the molecule is CCCCOCCC(O)c1ccc(F)c(F)c1. The van der Waals surface area contributed by atoms with Gasteiger partial charge in [-0.15, -0.1) is 0 Å². The summed E-state index contributed by atoms with van der Waals surface area (Å²) in [6, 6.07) is 3.42. The molecule has 1 aromatic carbocycles. The second-order valence-corrected chi connectivity index (χ2v) is 3.94. The summed E-state index contributed by atoms with van der Waals surface area (Å²) in [6.07, 6.45) is 1.62. The van der Waals surface area contributed by atoms with Crippen molar-refractivity contribution >= 4 is 0 Å². The third-order valence-electron chi connectivity index (χ3n) is 2.51. The van der Waals surface area contributed by atoms with E-state index < -0.39 is 17.7 Å². The van der Waals surface area contributed by atoms with Crippen LogP contribution in [-0.4, -0.2) is 18.3 Å². The van der Waals surface area contributed by atoms with Crippen molar-refractivity contribution in [3.63, 3.8) is 0 Å². The highest BCUT2D eigenvalue weighted by Gasteiger charge is 2.10. The molecule has 2 nitrogen and oxygen atoms in total. The second-order valence-electron chi connectivity index (χ2n) is 3.94. The number of aliphatic hydroxyl groups excluding tert-OH is 1. The molecular weight excluding hydrogens is 226 g/mol. The molecule has 17 heavy (non-hydrogen) atoms. The minimum absolute atomic E-state index is 0.378. The average Bonchev–Trinajstić information content (AvgIpc) is 2.32. The Morgan fingerprint density at radius 2 is 2.00 bits per heavy atom. The number of halogens is 2. The fourth-order valence-electron chi connectivity index (χ4n) is 1.43. The van der Waals surface area contributed by atoms with E-state index in [1.807, 2.05) is 0 Å². The smallest absolute Gasteiger partial charge is 0.159 e. The second kappa shape index (κ2) is 7.35. The molecule has 1 atom stereocenters. The van der Waals surface area contributed by atoms with Gasteiger partial charge in [-0.2, -0.15) is 0 Å². The van der Waals surface area contributed by atoms with Crippen LogP contribution < -0.4 is 0 Å². The van der Waals surface area contributed by atoms with E-state index >= 15 is 0 Å². The Kier molecular flexibility index (Phi) is 6.08. The molecule has 0 aliphatic heterocycles. The van der Waals surface area contributed by atoms with Crippen molar-refractivity contribution in [3.8, 4) is 0 Å². The molecule has 4 heteroatoms. The number of aliphatic hydroxyl groups is 1. The van der Waals surface area contributed by atoms with Gasteiger partial charge in [0.05, 0.1) is 6.10 Å². The summed E-state index contributed by atoms with van der Waals surface area (Å²) in [5.74, 6) is -1.84. The van der Waals surface area contributed by atoms with Gasteiger partial charge in [0.1, 0.15) is 0 Å². The van der Waals surface area contributed by atoms with Crippen molar-refractivity contribution in [1.29, 1.82) is 0 Å². The number of hydrogen-bond acceptors (Lipinski definition) is 2. The van der Waals surface area contributed by atoms with Crippen molar-refractivity contribution in [3.05, 3.63) is 35.4 Å². The van der Waals surface area contributed by atoms with Crippen LogP contribution in [0.5, 0.6) is 0 Å². The van der Waals surface area contributed by atoms with Crippen LogP contribution in [0.1, 0.15) is 37.9 Å². The van der Waals surface area contributed by atoms with Crippen molar-refractivity contribution in [2.75, 3.05) is 13.2 Å². The molecule has 1 aromatic rings. The first kappa shape index (κ1) is 14.1. The Morgan fingerprint density at radius 1 is 1.24 bits per heavy atom. The summed E-state index contributed by atoms with van der Waals surface area (Å²) in [5, 5.41) is 9.72. The van der Waals surface area contributed by atoms with Gasteiger partial charge in [0.2, 0.25) is 0 Å². The third kappa shape index (κ3) is 4.79. The Labute approximate surface area is 100 Å². The maximum atomic E-state index is 12.9. The monoisotopic (exact) mass is 244 g/mol. The Bertz CT molecular complexity index is 342. The summed E-state index contributed by atoms with van der Waals surface area (Å²) < 4.78 is 30.9. The number of hydrogen-bond donors (Lipinski definition) is 1. The highest BCUT2D eigenvalue weighted by Crippen LogP contribution is 2.19. The molecule has 0 radical (unpaired) electrons. The van der Waals surface area contributed by atoms with Gasteiger partial charge in [0.25, 0.3) is 0 Å². The van der Waals surface area contributed by atoms with E-state index in [-0.39, 0.29) is 0 Å². The molecule has 0 fully saturated rings. The number of benzene rings is 1. The molecule has 1 rings (SSSR count). The van der Waals surface area contributed by atoms with Crippen molar-refractivity contribution in [2.24, 2.45) is 0 Å². The average molecular weight is 244 g/mol. The van der Waals surface area contributed by atoms with Crippen molar-refractivity contribution in [1.82, 2.24) is 0 Å². The Balaban J connectivity index is 2.36. The van der Waals surface area contributed by atoms with Gasteiger partial charge in [0, 0.05) is 19.6 Å². The lowest BCUT2D eigenvalue weighted by Crippen LogP contribution is -2.05. The molecule has 0 amide bonds. The topological polar surface area (TPSA) is 29.5 Å². The summed E-state index contributed by atoms with van der Waals surface area (Å²) >= 11 is 0. The Hall–Kier alpha value is -1.00. The van der Waals surface area contributed by atoms with Gasteiger partial charge >= 0.3 is 0 Å². The van der Waals surface area contributed by atoms with Crippen LogP contribution in [0.3, 0.4) is 0 Å². The predicted octanol–water partition coefficient (Wildman–Crippen LogP) is 3.21. The van der Waals surface area contributed by atoms with Gasteiger partial charge in [-0.25, -0.2) is 8.78 Å². The molecule has 0 heterocycles. The molecule has 1 unspecified atom stereocenters. The predicted molar refractivity (Wildman–Crippen MR) is 61.7 cm³/mol. The molecule has 96 valence electrons. The van der Waals surface area contributed by atoms with Gasteiger partial charge in [-0.05, 0) is 24.1 Å². The van der Waals surface area contributed by atoms with E-state index in [9.17, 15) is 13.9 Å². The summed E-state index contributed by atoms with van der Waals surface area (Å²) in [4.78, 5) is 0. The zero-order valence-corrected chi connectivity index (χ0v) is 9.96. The van der Waals surface area contributed by atoms with Gasteiger partial charge < -0.3 is 9.84 Å². The van der Waals surface area contributed by atoms with Gasteiger partial charge in [-0.3, -0.25) is 0 Å². The molecule has 0 aliphatic carbocycles. The van der Waals surface area contributed by atoms with Crippen LogP contribution in [0.2, 0.25) is 0 Å². The van der Waals surface area contributed by atoms with E-state index in [0.29, 0.717) is 25.2 Å². The highest BCUT2D eigenvalue weighted by molar-refractivity contribution is 5.19. The molecule has 0 spiro atoms. The summed E-state index contributed by atoms with van der Waals surface area (Å²) in [6.45, 7) is 3.15. The maximum absolute atomic E-state index is 12.9. The van der Waals surface area contributed by atoms with Crippen LogP contribution in [0.15, 0.2) is 18.2 Å². The standard InChI is InChI=1S/C13H18F2O2/c1-2-3-7-17-8-6-13(16)10-4-5-11(14)12(15)9-10/h4-5,9,13,16H,2-3,6-8H2,1H3. The minimum atomic E-state index is -0.937. The lowest BCUT2D eigenvalue weighted by Gasteiger charge is -2.11. The lowest BCUT2D eigenvalue weighted by atomic mass is 10.1. The third-order valence-corrected chi connectivity index (χ3v) is 2.51. The largest absolute Gasteiger partial charge is 0.388 e. The first-order chi connectivity index (χ1) is 8.15. The zero-order valence-electron chi connectivity index (χ0n) is 9.96. The van der Waals surface area contributed by atoms with Crippen molar-refractivity contribution in [2.45, 2.75) is 32.3 Å². The van der Waals surface area contributed by atoms with Gasteiger partial charge in [-0.1, -0.05) is 19.4 Å². The van der Waals surface area contributed by atoms with E-state index in [2.05, 4.69) is 6.92 Å². The summed E-state index contributed by atoms with van der Waals surface area (Å²) in [7, 11) is 0. The van der Waals surface area contributed by atoms with Gasteiger partial charge in [0.15, 0.2) is 11.6 Å². The van der Waals surface area contributed by atoms with E-state index in [4.69, 9.17) is 4.74 Å². The number of rotatable bonds is 7. The normalized spacial score (nSPS) is 12.7. The zero-order chi connectivity index (χ0) is 12.7. The van der Waals surface area contributed by atoms with E-state index in [1.54, 1.807) is 0 Å². The first-order valence-electron chi connectivity index (χ1n) is 5.86. The van der Waals surface area contributed by atoms with Crippen molar-refractivity contribution < 1.29 is 18.6 Å². The fourth-order valence-corrected chi connectivity index (χ4v) is 1.43. The molecule has 0 aromatic heterocycles. The minimum Gasteiger partial charge on any atom is -0.388 e. The number of ether oxygens (including phenoxy) is 1. The molecule has 0 bridgehead atoms. The van der Waals surface area contributed by atoms with Crippen LogP contribution in [-0.2, 0) is 4.74 Å². The van der Waals surface area contributed by atoms with E-state index in [0.717, 1.165) is 25.0 Å².